The summed E-state index contributed by atoms with van der Waals surface area (Å²) in [5.41, 5.74) is 7.88. The molecule has 4 atom stereocenters. The van der Waals surface area contributed by atoms with Gasteiger partial charge in [0.2, 0.25) is 0 Å². The van der Waals surface area contributed by atoms with Crippen molar-refractivity contribution in [2.45, 2.75) is 52.2 Å². The summed E-state index contributed by atoms with van der Waals surface area (Å²) in [5, 5.41) is 20.8. The molecule has 0 saturated carbocycles. The van der Waals surface area contributed by atoms with Crippen LogP contribution in [0.4, 0.5) is 5.82 Å². The van der Waals surface area contributed by atoms with Crippen molar-refractivity contribution in [3.8, 4) is 0 Å². The zero-order chi connectivity index (χ0) is 15.4. The molecule has 0 aliphatic carbocycles. The zero-order valence-electron chi connectivity index (χ0n) is 12.7. The van der Waals surface area contributed by atoms with E-state index in [1.807, 2.05) is 27.7 Å². The van der Waals surface area contributed by atoms with E-state index in [1.54, 1.807) is 0 Å². The fourth-order valence-corrected chi connectivity index (χ4v) is 2.25. The van der Waals surface area contributed by atoms with Gasteiger partial charge in [0.25, 0.3) is 0 Å². The Bertz CT molecular complexity index is 476. The van der Waals surface area contributed by atoms with Gasteiger partial charge in [0.15, 0.2) is 0 Å². The SMILES string of the molecule is C=C(C)C(c1ncnc(N)c1C)C(O)C(O)C(C)CC. The number of hydrogen-bond donors (Lipinski definition) is 3. The molecular weight excluding hydrogens is 254 g/mol. The molecule has 112 valence electrons. The highest BCUT2D eigenvalue weighted by Gasteiger charge is 2.33. The van der Waals surface area contributed by atoms with Crippen molar-refractivity contribution in [3.05, 3.63) is 29.7 Å². The van der Waals surface area contributed by atoms with Crippen LogP contribution in [0, 0.1) is 12.8 Å². The van der Waals surface area contributed by atoms with Crippen LogP contribution in [0.5, 0.6) is 0 Å². The molecule has 0 bridgehead atoms. The molecule has 0 aliphatic heterocycles. The van der Waals surface area contributed by atoms with Crippen LogP contribution < -0.4 is 5.73 Å². The van der Waals surface area contributed by atoms with E-state index in [9.17, 15) is 10.2 Å². The first-order valence-electron chi connectivity index (χ1n) is 6.89. The first kappa shape index (κ1) is 16.6. The topological polar surface area (TPSA) is 92.3 Å². The third kappa shape index (κ3) is 3.35. The molecule has 1 aromatic heterocycles. The van der Waals surface area contributed by atoms with Gasteiger partial charge in [0.05, 0.1) is 23.8 Å². The summed E-state index contributed by atoms with van der Waals surface area (Å²) in [7, 11) is 0. The first-order valence-corrected chi connectivity index (χ1v) is 6.89. The van der Waals surface area contributed by atoms with Crippen molar-refractivity contribution >= 4 is 5.82 Å². The number of anilines is 1. The van der Waals surface area contributed by atoms with Gasteiger partial charge in [-0.2, -0.15) is 0 Å². The van der Waals surface area contributed by atoms with Crippen LogP contribution in [-0.2, 0) is 0 Å². The molecule has 5 heteroatoms. The molecule has 0 aliphatic rings. The summed E-state index contributed by atoms with van der Waals surface area (Å²) < 4.78 is 0. The quantitative estimate of drug-likeness (QED) is 0.690. The van der Waals surface area contributed by atoms with Crippen molar-refractivity contribution in [2.75, 3.05) is 5.73 Å². The van der Waals surface area contributed by atoms with Crippen LogP contribution in [0.3, 0.4) is 0 Å². The fourth-order valence-electron chi connectivity index (χ4n) is 2.25. The lowest BCUT2D eigenvalue weighted by Crippen LogP contribution is -2.37. The maximum Gasteiger partial charge on any atom is 0.129 e. The normalized spacial score (nSPS) is 17.3. The molecule has 4 N–H and O–H groups in total. The Morgan fingerprint density at radius 1 is 1.35 bits per heavy atom. The Hall–Kier alpha value is -1.46. The van der Waals surface area contributed by atoms with Crippen LogP contribution in [-0.4, -0.2) is 32.4 Å². The molecule has 0 amide bonds. The minimum absolute atomic E-state index is 0.00802. The lowest BCUT2D eigenvalue weighted by Gasteiger charge is -2.30. The predicted octanol–water partition coefficient (Wildman–Crippen LogP) is 1.79. The second-order valence-electron chi connectivity index (χ2n) is 5.46. The number of nitrogen functional groups attached to an aromatic ring is 1. The summed E-state index contributed by atoms with van der Waals surface area (Å²) in [6.45, 7) is 11.4. The average Bonchev–Trinajstić information content (AvgIpc) is 2.41. The van der Waals surface area contributed by atoms with Gasteiger partial charge in [0, 0.05) is 5.56 Å². The van der Waals surface area contributed by atoms with Gasteiger partial charge >= 0.3 is 0 Å². The van der Waals surface area contributed by atoms with Crippen LogP contribution in [0.1, 0.15) is 44.4 Å². The molecule has 1 rings (SSSR count). The van der Waals surface area contributed by atoms with E-state index >= 15 is 0 Å². The van der Waals surface area contributed by atoms with Crippen LogP contribution in [0.2, 0.25) is 0 Å². The highest BCUT2D eigenvalue weighted by atomic mass is 16.3. The molecule has 5 nitrogen and oxygen atoms in total. The smallest absolute Gasteiger partial charge is 0.129 e. The van der Waals surface area contributed by atoms with Gasteiger partial charge in [-0.05, 0) is 19.8 Å². The second-order valence-corrected chi connectivity index (χ2v) is 5.46. The van der Waals surface area contributed by atoms with Gasteiger partial charge in [-0.1, -0.05) is 32.4 Å². The third-order valence-corrected chi connectivity index (χ3v) is 3.91. The second kappa shape index (κ2) is 6.81. The molecule has 4 unspecified atom stereocenters. The van der Waals surface area contributed by atoms with Gasteiger partial charge in [-0.25, -0.2) is 9.97 Å². The minimum atomic E-state index is -0.963. The maximum absolute atomic E-state index is 10.5. The van der Waals surface area contributed by atoms with E-state index in [-0.39, 0.29) is 5.92 Å². The van der Waals surface area contributed by atoms with Crippen LogP contribution in [0.15, 0.2) is 18.5 Å². The summed E-state index contributed by atoms with van der Waals surface area (Å²) >= 11 is 0. The molecular formula is C15H25N3O2. The largest absolute Gasteiger partial charge is 0.390 e. The highest BCUT2D eigenvalue weighted by molar-refractivity contribution is 5.43. The number of aliphatic hydroxyl groups is 2. The van der Waals surface area contributed by atoms with Crippen molar-refractivity contribution in [2.24, 2.45) is 5.92 Å². The number of hydrogen-bond acceptors (Lipinski definition) is 5. The Morgan fingerprint density at radius 3 is 2.45 bits per heavy atom. The van der Waals surface area contributed by atoms with Crippen molar-refractivity contribution in [1.82, 2.24) is 9.97 Å². The average molecular weight is 279 g/mol. The molecule has 0 aromatic carbocycles. The molecule has 0 spiro atoms. The van der Waals surface area contributed by atoms with E-state index < -0.39 is 18.1 Å². The van der Waals surface area contributed by atoms with Gasteiger partial charge in [-0.3, -0.25) is 0 Å². The van der Waals surface area contributed by atoms with Gasteiger partial charge in [0.1, 0.15) is 12.1 Å². The summed E-state index contributed by atoms with van der Waals surface area (Å²) in [5.74, 6) is -0.0814. The molecule has 1 aromatic rings. The molecule has 0 fully saturated rings. The Morgan fingerprint density at radius 2 is 1.95 bits per heavy atom. The van der Waals surface area contributed by atoms with Gasteiger partial charge in [-0.15, -0.1) is 0 Å². The number of aromatic nitrogens is 2. The fraction of sp³-hybridized carbons (Fsp3) is 0.600. The van der Waals surface area contributed by atoms with E-state index in [1.165, 1.54) is 6.33 Å². The third-order valence-electron chi connectivity index (χ3n) is 3.91. The summed E-state index contributed by atoms with van der Waals surface area (Å²) in [4.78, 5) is 8.16. The number of nitrogens with zero attached hydrogens (tertiary/aromatic N) is 2. The lowest BCUT2D eigenvalue weighted by atomic mass is 9.82. The zero-order valence-corrected chi connectivity index (χ0v) is 12.7. The maximum atomic E-state index is 10.5. The van der Waals surface area contributed by atoms with Crippen molar-refractivity contribution in [3.63, 3.8) is 0 Å². The monoisotopic (exact) mass is 279 g/mol. The van der Waals surface area contributed by atoms with Crippen LogP contribution >= 0.6 is 0 Å². The minimum Gasteiger partial charge on any atom is -0.390 e. The molecule has 0 saturated heterocycles. The van der Waals surface area contributed by atoms with E-state index in [0.717, 1.165) is 17.6 Å². The molecule has 0 radical (unpaired) electrons. The Kier molecular flexibility index (Phi) is 5.65. The Labute approximate surface area is 120 Å². The van der Waals surface area contributed by atoms with Gasteiger partial charge < -0.3 is 15.9 Å². The summed E-state index contributed by atoms with van der Waals surface area (Å²) in [6.07, 6.45) is 0.356. The summed E-state index contributed by atoms with van der Waals surface area (Å²) in [6, 6.07) is 0. The Balaban J connectivity index is 3.18. The molecule has 20 heavy (non-hydrogen) atoms. The van der Waals surface area contributed by atoms with Crippen LogP contribution in [0.25, 0.3) is 0 Å². The van der Waals surface area contributed by atoms with E-state index in [2.05, 4.69) is 16.5 Å². The predicted molar refractivity (Wildman–Crippen MR) is 80.2 cm³/mol. The molecule has 1 heterocycles. The standard InChI is InChI=1S/C15H25N3O2/c1-6-9(4)13(19)14(20)11(8(2)3)12-10(5)15(16)18-7-17-12/h7,9,11,13-14,19-20H,2,6H2,1,3-5H3,(H2,16,17,18). The number of nitrogens with two attached hydrogens (primary N) is 1. The number of aliphatic hydroxyl groups excluding tert-OH is 2. The van der Waals surface area contributed by atoms with Crippen molar-refractivity contribution in [1.29, 1.82) is 0 Å². The van der Waals surface area contributed by atoms with E-state index in [4.69, 9.17) is 5.73 Å². The van der Waals surface area contributed by atoms with E-state index in [0.29, 0.717) is 11.5 Å². The lowest BCUT2D eigenvalue weighted by molar-refractivity contribution is -0.0226. The first-order chi connectivity index (χ1) is 9.31. The highest BCUT2D eigenvalue weighted by Crippen LogP contribution is 2.32. The number of rotatable bonds is 6. The van der Waals surface area contributed by atoms with Crippen molar-refractivity contribution < 1.29 is 10.2 Å².